The van der Waals surface area contributed by atoms with Crippen molar-refractivity contribution in [2.45, 2.75) is 0 Å². The molecule has 0 bridgehead atoms. The molecule has 0 fully saturated rings. The number of benzene rings is 3. The number of rotatable bonds is 5. The SMILES string of the molecule is C=Cc1ccc(Oc2ccc(/C=C/c3ccccc3)cc2)cc1. The van der Waals surface area contributed by atoms with Crippen LogP contribution in [0.4, 0.5) is 0 Å². The van der Waals surface area contributed by atoms with Gasteiger partial charge in [0.25, 0.3) is 0 Å². The zero-order valence-corrected chi connectivity index (χ0v) is 12.9. The molecule has 0 aromatic heterocycles. The second kappa shape index (κ2) is 7.28. The van der Waals surface area contributed by atoms with Gasteiger partial charge in [0.15, 0.2) is 0 Å². The molecule has 0 amide bonds. The minimum atomic E-state index is 0.822. The molecule has 0 unspecified atom stereocenters. The maximum atomic E-state index is 5.84. The Morgan fingerprint density at radius 2 is 1.04 bits per heavy atom. The summed E-state index contributed by atoms with van der Waals surface area (Å²) >= 11 is 0. The molecule has 1 nitrogen and oxygen atoms in total. The van der Waals surface area contributed by atoms with E-state index in [0.29, 0.717) is 0 Å². The lowest BCUT2D eigenvalue weighted by atomic mass is 10.1. The van der Waals surface area contributed by atoms with E-state index in [4.69, 9.17) is 4.74 Å². The van der Waals surface area contributed by atoms with E-state index in [0.717, 1.165) is 22.6 Å². The lowest BCUT2D eigenvalue weighted by Crippen LogP contribution is -1.84. The summed E-state index contributed by atoms with van der Waals surface area (Å²) in [6.45, 7) is 3.75. The van der Waals surface area contributed by atoms with Gasteiger partial charge < -0.3 is 4.74 Å². The van der Waals surface area contributed by atoms with Gasteiger partial charge in [-0.3, -0.25) is 0 Å². The van der Waals surface area contributed by atoms with Crippen LogP contribution in [-0.2, 0) is 0 Å². The fraction of sp³-hybridized carbons (Fsp3) is 0. The molecule has 3 aromatic rings. The van der Waals surface area contributed by atoms with Crippen LogP contribution in [0.5, 0.6) is 11.5 Å². The van der Waals surface area contributed by atoms with Crippen molar-refractivity contribution in [2.75, 3.05) is 0 Å². The molecule has 112 valence electrons. The van der Waals surface area contributed by atoms with Crippen molar-refractivity contribution in [1.82, 2.24) is 0 Å². The van der Waals surface area contributed by atoms with Crippen LogP contribution in [-0.4, -0.2) is 0 Å². The van der Waals surface area contributed by atoms with Crippen LogP contribution >= 0.6 is 0 Å². The molecule has 1 heteroatoms. The predicted molar refractivity (Wildman–Crippen MR) is 98.4 cm³/mol. The summed E-state index contributed by atoms with van der Waals surface area (Å²) in [5.41, 5.74) is 3.41. The fourth-order valence-electron chi connectivity index (χ4n) is 2.21. The van der Waals surface area contributed by atoms with Crippen molar-refractivity contribution in [2.24, 2.45) is 0 Å². The Balaban J connectivity index is 1.66. The molecule has 0 saturated heterocycles. The highest BCUT2D eigenvalue weighted by molar-refractivity contribution is 5.69. The largest absolute Gasteiger partial charge is 0.457 e. The summed E-state index contributed by atoms with van der Waals surface area (Å²) in [4.78, 5) is 0. The van der Waals surface area contributed by atoms with E-state index in [2.05, 4.69) is 30.9 Å². The molecule has 0 aliphatic heterocycles. The van der Waals surface area contributed by atoms with Gasteiger partial charge >= 0.3 is 0 Å². The topological polar surface area (TPSA) is 9.23 Å². The monoisotopic (exact) mass is 298 g/mol. The van der Waals surface area contributed by atoms with E-state index in [-0.39, 0.29) is 0 Å². The summed E-state index contributed by atoms with van der Waals surface area (Å²) in [5, 5.41) is 0. The molecule has 0 aliphatic rings. The van der Waals surface area contributed by atoms with Crippen LogP contribution in [0.3, 0.4) is 0 Å². The normalized spacial score (nSPS) is 10.6. The zero-order chi connectivity index (χ0) is 15.9. The van der Waals surface area contributed by atoms with Crippen molar-refractivity contribution in [1.29, 1.82) is 0 Å². The summed E-state index contributed by atoms with van der Waals surface area (Å²) < 4.78 is 5.84. The fourth-order valence-corrected chi connectivity index (χ4v) is 2.21. The van der Waals surface area contributed by atoms with Gasteiger partial charge in [-0.1, -0.05) is 79.4 Å². The molecule has 3 rings (SSSR count). The van der Waals surface area contributed by atoms with Gasteiger partial charge in [0.1, 0.15) is 11.5 Å². The molecule has 0 N–H and O–H groups in total. The van der Waals surface area contributed by atoms with Crippen LogP contribution < -0.4 is 4.74 Å². The van der Waals surface area contributed by atoms with Gasteiger partial charge in [-0.05, 0) is 41.0 Å². The summed E-state index contributed by atoms with van der Waals surface area (Å²) in [5.74, 6) is 1.65. The van der Waals surface area contributed by atoms with E-state index in [9.17, 15) is 0 Å². The third-order valence-corrected chi connectivity index (χ3v) is 3.50. The van der Waals surface area contributed by atoms with Crippen LogP contribution in [0.15, 0.2) is 85.4 Å². The molecule has 0 spiro atoms. The van der Waals surface area contributed by atoms with Crippen molar-refractivity contribution in [3.63, 3.8) is 0 Å². The van der Waals surface area contributed by atoms with Gasteiger partial charge in [0.2, 0.25) is 0 Å². The minimum Gasteiger partial charge on any atom is -0.457 e. The molecule has 0 saturated carbocycles. The summed E-state index contributed by atoms with van der Waals surface area (Å²) in [6, 6.07) is 26.2. The molecular formula is C22H18O. The molecule has 0 atom stereocenters. The maximum Gasteiger partial charge on any atom is 0.127 e. The van der Waals surface area contributed by atoms with E-state index < -0.39 is 0 Å². The third-order valence-electron chi connectivity index (χ3n) is 3.50. The molecule has 0 aliphatic carbocycles. The van der Waals surface area contributed by atoms with E-state index in [1.54, 1.807) is 0 Å². The predicted octanol–water partition coefficient (Wildman–Crippen LogP) is 6.29. The Labute approximate surface area is 137 Å². The van der Waals surface area contributed by atoms with Crippen molar-refractivity contribution >= 4 is 18.2 Å². The van der Waals surface area contributed by atoms with Gasteiger partial charge in [0, 0.05) is 0 Å². The molecule has 0 heterocycles. The summed E-state index contributed by atoms with van der Waals surface area (Å²) in [6.07, 6.45) is 6.01. The first-order valence-electron chi connectivity index (χ1n) is 7.57. The smallest absolute Gasteiger partial charge is 0.127 e. The Morgan fingerprint density at radius 3 is 1.57 bits per heavy atom. The highest BCUT2D eigenvalue weighted by atomic mass is 16.5. The standard InChI is InChI=1S/C22H18O/c1-2-18-10-14-21(15-11-18)23-22-16-12-20(13-17-22)9-8-19-6-4-3-5-7-19/h2-17H,1H2/b9-8+. The van der Waals surface area contributed by atoms with Crippen molar-refractivity contribution in [3.8, 4) is 11.5 Å². The maximum absolute atomic E-state index is 5.84. The quantitative estimate of drug-likeness (QED) is 0.503. The van der Waals surface area contributed by atoms with Crippen molar-refractivity contribution < 1.29 is 4.74 Å². The second-order valence-corrected chi connectivity index (χ2v) is 5.19. The molecular weight excluding hydrogens is 280 g/mol. The zero-order valence-electron chi connectivity index (χ0n) is 12.9. The first-order chi connectivity index (χ1) is 11.3. The van der Waals surface area contributed by atoms with Gasteiger partial charge in [-0.25, -0.2) is 0 Å². The Bertz CT molecular complexity index is 782. The van der Waals surface area contributed by atoms with Gasteiger partial charge in [0.05, 0.1) is 0 Å². The summed E-state index contributed by atoms with van der Waals surface area (Å²) in [7, 11) is 0. The first-order valence-corrected chi connectivity index (χ1v) is 7.57. The minimum absolute atomic E-state index is 0.822. The van der Waals surface area contributed by atoms with E-state index >= 15 is 0 Å². The average molecular weight is 298 g/mol. The molecule has 0 radical (unpaired) electrons. The highest BCUT2D eigenvalue weighted by Gasteiger charge is 1.97. The molecule has 3 aromatic carbocycles. The highest BCUT2D eigenvalue weighted by Crippen LogP contribution is 2.22. The average Bonchev–Trinajstić information content (AvgIpc) is 2.63. The van der Waals surface area contributed by atoms with Crippen LogP contribution in [0.25, 0.3) is 18.2 Å². The van der Waals surface area contributed by atoms with Gasteiger partial charge in [-0.2, -0.15) is 0 Å². The molecule has 23 heavy (non-hydrogen) atoms. The Hall–Kier alpha value is -3.06. The van der Waals surface area contributed by atoms with Crippen LogP contribution in [0.2, 0.25) is 0 Å². The lowest BCUT2D eigenvalue weighted by Gasteiger charge is -2.06. The number of ether oxygens (including phenoxy) is 1. The van der Waals surface area contributed by atoms with Gasteiger partial charge in [-0.15, -0.1) is 0 Å². The van der Waals surface area contributed by atoms with E-state index in [1.807, 2.05) is 72.8 Å². The number of hydrogen-bond acceptors (Lipinski definition) is 1. The number of hydrogen-bond donors (Lipinski definition) is 0. The lowest BCUT2D eigenvalue weighted by molar-refractivity contribution is 0.482. The first kappa shape index (κ1) is 14.9. The van der Waals surface area contributed by atoms with Crippen molar-refractivity contribution in [3.05, 3.63) is 102 Å². The van der Waals surface area contributed by atoms with E-state index in [1.165, 1.54) is 5.56 Å². The second-order valence-electron chi connectivity index (χ2n) is 5.19. The Morgan fingerprint density at radius 1 is 0.565 bits per heavy atom. The van der Waals surface area contributed by atoms with Crippen LogP contribution in [0, 0.1) is 0 Å². The third kappa shape index (κ3) is 4.21. The van der Waals surface area contributed by atoms with Crippen LogP contribution in [0.1, 0.15) is 16.7 Å². The Kier molecular flexibility index (Phi) is 4.70.